The Morgan fingerprint density at radius 3 is 2.43 bits per heavy atom. The molecule has 1 aromatic carbocycles. The highest BCUT2D eigenvalue weighted by atomic mass is 32.2. The Labute approximate surface area is 86.7 Å². The lowest BCUT2D eigenvalue weighted by Crippen LogP contribution is -2.15. The van der Waals surface area contributed by atoms with Gasteiger partial charge in [-0.1, -0.05) is 6.07 Å². The molecule has 4 heteroatoms. The molecule has 1 nitrogen and oxygen atoms in total. The first-order chi connectivity index (χ1) is 6.66. The molecule has 0 fully saturated rings. The van der Waals surface area contributed by atoms with Crippen molar-refractivity contribution in [2.75, 3.05) is 12.0 Å². The molecule has 0 aliphatic carbocycles. The molecular formula is C10H13F2NS. The van der Waals surface area contributed by atoms with Crippen LogP contribution in [0.4, 0.5) is 8.78 Å². The monoisotopic (exact) mass is 217 g/mol. The van der Waals surface area contributed by atoms with Gasteiger partial charge in [0, 0.05) is 11.6 Å². The highest BCUT2D eigenvalue weighted by Crippen LogP contribution is 2.22. The second-order valence-corrected chi connectivity index (χ2v) is 4.01. The Balaban J connectivity index is 2.82. The standard InChI is InChI=1S/C10H13F2NS/c1-14-6-5-9(13)10-7(11)3-2-4-8(10)12/h2-4,9H,5-6,13H2,1H3. The van der Waals surface area contributed by atoms with E-state index in [0.29, 0.717) is 6.42 Å². The third-order valence-corrected chi connectivity index (χ3v) is 2.65. The van der Waals surface area contributed by atoms with Gasteiger partial charge in [-0.25, -0.2) is 8.78 Å². The van der Waals surface area contributed by atoms with E-state index in [2.05, 4.69) is 0 Å². The van der Waals surface area contributed by atoms with E-state index in [1.807, 2.05) is 6.26 Å². The fraction of sp³-hybridized carbons (Fsp3) is 0.400. The molecule has 0 aliphatic rings. The second-order valence-electron chi connectivity index (χ2n) is 3.02. The smallest absolute Gasteiger partial charge is 0.130 e. The second kappa shape index (κ2) is 5.32. The molecular weight excluding hydrogens is 204 g/mol. The lowest BCUT2D eigenvalue weighted by atomic mass is 10.0. The van der Waals surface area contributed by atoms with E-state index >= 15 is 0 Å². The molecule has 0 spiro atoms. The molecule has 1 aromatic rings. The van der Waals surface area contributed by atoms with Crippen molar-refractivity contribution < 1.29 is 8.78 Å². The molecule has 1 unspecified atom stereocenters. The SMILES string of the molecule is CSCCC(N)c1c(F)cccc1F. The number of rotatable bonds is 4. The molecule has 0 saturated heterocycles. The number of benzene rings is 1. The van der Waals surface area contributed by atoms with Gasteiger partial charge in [-0.2, -0.15) is 11.8 Å². The van der Waals surface area contributed by atoms with Crippen molar-refractivity contribution in [2.24, 2.45) is 5.73 Å². The molecule has 0 aromatic heterocycles. The van der Waals surface area contributed by atoms with Gasteiger partial charge < -0.3 is 5.73 Å². The average molecular weight is 217 g/mol. The van der Waals surface area contributed by atoms with Crippen LogP contribution in [-0.4, -0.2) is 12.0 Å². The maximum absolute atomic E-state index is 13.2. The first-order valence-electron chi connectivity index (χ1n) is 4.35. The molecule has 1 rings (SSSR count). The fourth-order valence-electron chi connectivity index (χ4n) is 1.25. The number of hydrogen-bond donors (Lipinski definition) is 1. The Hall–Kier alpha value is -0.610. The van der Waals surface area contributed by atoms with Crippen molar-refractivity contribution >= 4 is 11.8 Å². The summed E-state index contributed by atoms with van der Waals surface area (Å²) in [6.45, 7) is 0. The van der Waals surface area contributed by atoms with Gasteiger partial charge >= 0.3 is 0 Å². The predicted octanol–water partition coefficient (Wildman–Crippen LogP) is 2.72. The summed E-state index contributed by atoms with van der Waals surface area (Å²) in [5.41, 5.74) is 5.69. The minimum Gasteiger partial charge on any atom is -0.324 e. The summed E-state index contributed by atoms with van der Waals surface area (Å²) in [5, 5.41) is 0. The van der Waals surface area contributed by atoms with Gasteiger partial charge in [0.25, 0.3) is 0 Å². The molecule has 0 saturated carbocycles. The summed E-state index contributed by atoms with van der Waals surface area (Å²) in [6.07, 6.45) is 2.52. The molecule has 0 heterocycles. The van der Waals surface area contributed by atoms with Crippen LogP contribution in [0, 0.1) is 11.6 Å². The van der Waals surface area contributed by atoms with Gasteiger partial charge in [-0.15, -0.1) is 0 Å². The van der Waals surface area contributed by atoms with Crippen molar-refractivity contribution in [3.05, 3.63) is 35.4 Å². The van der Waals surface area contributed by atoms with Crippen LogP contribution in [0.15, 0.2) is 18.2 Å². The third kappa shape index (κ3) is 2.69. The molecule has 14 heavy (non-hydrogen) atoms. The molecule has 0 bridgehead atoms. The number of thioether (sulfide) groups is 1. The lowest BCUT2D eigenvalue weighted by molar-refractivity contribution is 0.522. The van der Waals surface area contributed by atoms with Crippen LogP contribution in [0.3, 0.4) is 0 Å². The van der Waals surface area contributed by atoms with Crippen LogP contribution in [-0.2, 0) is 0 Å². The van der Waals surface area contributed by atoms with Gasteiger partial charge in [0.2, 0.25) is 0 Å². The minimum absolute atomic E-state index is 0.00144. The average Bonchev–Trinajstić information content (AvgIpc) is 2.14. The van der Waals surface area contributed by atoms with Gasteiger partial charge in [0.15, 0.2) is 0 Å². The quantitative estimate of drug-likeness (QED) is 0.839. The Morgan fingerprint density at radius 2 is 1.93 bits per heavy atom. The van der Waals surface area contributed by atoms with Gasteiger partial charge in [-0.05, 0) is 30.6 Å². The maximum Gasteiger partial charge on any atom is 0.130 e. The number of hydrogen-bond acceptors (Lipinski definition) is 2. The highest BCUT2D eigenvalue weighted by molar-refractivity contribution is 7.98. The first-order valence-corrected chi connectivity index (χ1v) is 5.74. The summed E-state index contributed by atoms with van der Waals surface area (Å²) in [6, 6.07) is 3.26. The normalized spacial score (nSPS) is 12.9. The van der Waals surface area contributed by atoms with E-state index < -0.39 is 17.7 Å². The predicted molar refractivity (Wildman–Crippen MR) is 56.3 cm³/mol. The third-order valence-electron chi connectivity index (χ3n) is 2.00. The topological polar surface area (TPSA) is 26.0 Å². The van der Waals surface area contributed by atoms with Crippen LogP contribution >= 0.6 is 11.8 Å². The van der Waals surface area contributed by atoms with Crippen LogP contribution < -0.4 is 5.73 Å². The summed E-state index contributed by atoms with van der Waals surface area (Å²) < 4.78 is 26.4. The van der Waals surface area contributed by atoms with Crippen LogP contribution in [0.2, 0.25) is 0 Å². The van der Waals surface area contributed by atoms with Gasteiger partial charge in [0.05, 0.1) is 0 Å². The van der Waals surface area contributed by atoms with E-state index in [0.717, 1.165) is 5.75 Å². The zero-order valence-electron chi connectivity index (χ0n) is 7.97. The van der Waals surface area contributed by atoms with Gasteiger partial charge in [0.1, 0.15) is 11.6 Å². The van der Waals surface area contributed by atoms with Crippen LogP contribution in [0.1, 0.15) is 18.0 Å². The van der Waals surface area contributed by atoms with Crippen molar-refractivity contribution in [3.8, 4) is 0 Å². The van der Waals surface area contributed by atoms with Crippen LogP contribution in [0.25, 0.3) is 0 Å². The van der Waals surface area contributed by atoms with E-state index in [4.69, 9.17) is 5.73 Å². The van der Waals surface area contributed by atoms with Crippen LogP contribution in [0.5, 0.6) is 0 Å². The van der Waals surface area contributed by atoms with Crippen molar-refractivity contribution in [3.63, 3.8) is 0 Å². The number of halogens is 2. The minimum atomic E-state index is -0.557. The van der Waals surface area contributed by atoms with Crippen molar-refractivity contribution in [2.45, 2.75) is 12.5 Å². The Bertz CT molecular complexity index is 284. The molecule has 2 N–H and O–H groups in total. The largest absolute Gasteiger partial charge is 0.324 e. The highest BCUT2D eigenvalue weighted by Gasteiger charge is 2.15. The molecule has 0 aliphatic heterocycles. The summed E-state index contributed by atoms with van der Waals surface area (Å²) in [5.74, 6) is -0.313. The zero-order valence-corrected chi connectivity index (χ0v) is 8.78. The van der Waals surface area contributed by atoms with Crippen molar-refractivity contribution in [1.82, 2.24) is 0 Å². The molecule has 0 radical (unpaired) electrons. The zero-order chi connectivity index (χ0) is 10.6. The fourth-order valence-corrected chi connectivity index (χ4v) is 1.74. The van der Waals surface area contributed by atoms with E-state index in [-0.39, 0.29) is 5.56 Å². The van der Waals surface area contributed by atoms with Crippen molar-refractivity contribution in [1.29, 1.82) is 0 Å². The number of nitrogens with two attached hydrogens (primary N) is 1. The Morgan fingerprint density at radius 1 is 1.36 bits per heavy atom. The molecule has 78 valence electrons. The first kappa shape index (κ1) is 11.5. The Kier molecular flexibility index (Phi) is 4.35. The molecule has 1 atom stereocenters. The van der Waals surface area contributed by atoms with Gasteiger partial charge in [-0.3, -0.25) is 0 Å². The summed E-state index contributed by atoms with van der Waals surface area (Å²) in [7, 11) is 0. The van der Waals surface area contributed by atoms with E-state index in [9.17, 15) is 8.78 Å². The lowest BCUT2D eigenvalue weighted by Gasteiger charge is -2.12. The summed E-state index contributed by atoms with van der Waals surface area (Å²) in [4.78, 5) is 0. The molecule has 0 amide bonds. The maximum atomic E-state index is 13.2. The van der Waals surface area contributed by atoms with E-state index in [1.54, 1.807) is 11.8 Å². The van der Waals surface area contributed by atoms with E-state index in [1.165, 1.54) is 18.2 Å². The summed E-state index contributed by atoms with van der Waals surface area (Å²) >= 11 is 1.61.